The van der Waals surface area contributed by atoms with Crippen LogP contribution < -0.4 is 5.32 Å². The molecular weight excluding hydrogens is 268 g/mol. The highest BCUT2D eigenvalue weighted by atomic mass is 32.1. The number of fused-ring (bicyclic) bond motifs is 3. The number of hydrogen-bond donors (Lipinski definition) is 1. The van der Waals surface area contributed by atoms with E-state index in [0.29, 0.717) is 12.0 Å². The number of nitrogens with one attached hydrogen (secondary N) is 1. The molecule has 2 aliphatic rings. The van der Waals surface area contributed by atoms with E-state index in [4.69, 9.17) is 0 Å². The smallest absolute Gasteiger partial charge is 0.254 e. The predicted molar refractivity (Wildman–Crippen MR) is 80.0 cm³/mol. The Morgan fingerprint density at radius 3 is 3.00 bits per heavy atom. The minimum atomic E-state index is 0.167. The fraction of sp³-hybridized carbons (Fsp3) is 0.312. The molecular formula is C16H16N2OS. The molecule has 4 rings (SSSR count). The minimum Gasteiger partial charge on any atom is -0.336 e. The van der Waals surface area contributed by atoms with Gasteiger partial charge in [-0.15, -0.1) is 0 Å². The number of rotatable bonds is 1. The molecule has 1 amide bonds. The Hall–Kier alpha value is -1.65. The summed E-state index contributed by atoms with van der Waals surface area (Å²) in [6.07, 6.45) is 0. The fourth-order valence-electron chi connectivity index (χ4n) is 3.36. The number of hydrogen-bond acceptors (Lipinski definition) is 3. The van der Waals surface area contributed by atoms with E-state index >= 15 is 0 Å². The molecule has 0 saturated carbocycles. The lowest BCUT2D eigenvalue weighted by Crippen LogP contribution is -2.39. The van der Waals surface area contributed by atoms with E-state index in [9.17, 15) is 4.79 Å². The van der Waals surface area contributed by atoms with Gasteiger partial charge in [-0.2, -0.15) is 11.3 Å². The summed E-state index contributed by atoms with van der Waals surface area (Å²) in [5.74, 6) is 0.600. The molecule has 2 aliphatic heterocycles. The van der Waals surface area contributed by atoms with Crippen LogP contribution in [-0.4, -0.2) is 29.9 Å². The van der Waals surface area contributed by atoms with E-state index < -0.39 is 0 Å². The zero-order chi connectivity index (χ0) is 13.5. The number of likely N-dealkylation sites (tertiary alicyclic amines) is 1. The maximum atomic E-state index is 12.5. The van der Waals surface area contributed by atoms with Crippen LogP contribution in [0.15, 0.2) is 41.1 Å². The first kappa shape index (κ1) is 12.1. The van der Waals surface area contributed by atoms with Gasteiger partial charge in [-0.3, -0.25) is 4.79 Å². The van der Waals surface area contributed by atoms with Gasteiger partial charge in [-0.1, -0.05) is 24.3 Å². The summed E-state index contributed by atoms with van der Waals surface area (Å²) in [5, 5.41) is 7.47. The highest BCUT2D eigenvalue weighted by Gasteiger charge is 2.39. The van der Waals surface area contributed by atoms with Crippen molar-refractivity contribution in [1.82, 2.24) is 10.2 Å². The lowest BCUT2D eigenvalue weighted by Gasteiger charge is -2.28. The van der Waals surface area contributed by atoms with Crippen LogP contribution in [0.25, 0.3) is 0 Å². The highest BCUT2D eigenvalue weighted by Crippen LogP contribution is 2.34. The molecule has 3 nitrogen and oxygen atoms in total. The molecule has 2 aromatic rings. The van der Waals surface area contributed by atoms with Gasteiger partial charge in [0.05, 0.1) is 5.56 Å². The second-order valence-corrected chi connectivity index (χ2v) is 6.29. The van der Waals surface area contributed by atoms with E-state index in [0.717, 1.165) is 25.2 Å². The van der Waals surface area contributed by atoms with Crippen molar-refractivity contribution >= 4 is 17.2 Å². The highest BCUT2D eigenvalue weighted by molar-refractivity contribution is 7.08. The number of benzene rings is 1. The molecule has 1 fully saturated rings. The van der Waals surface area contributed by atoms with Crippen molar-refractivity contribution in [3.05, 3.63) is 57.8 Å². The third kappa shape index (κ3) is 1.87. The van der Waals surface area contributed by atoms with E-state index in [2.05, 4.69) is 29.6 Å². The van der Waals surface area contributed by atoms with Crippen LogP contribution in [0.2, 0.25) is 0 Å². The average molecular weight is 284 g/mol. The Balaban J connectivity index is 1.60. The topological polar surface area (TPSA) is 32.3 Å². The van der Waals surface area contributed by atoms with E-state index in [1.54, 1.807) is 11.3 Å². The molecule has 1 N–H and O–H groups in total. The van der Waals surface area contributed by atoms with Gasteiger partial charge in [-0.25, -0.2) is 0 Å². The lowest BCUT2D eigenvalue weighted by atomic mass is 9.87. The maximum Gasteiger partial charge on any atom is 0.254 e. The molecule has 0 unspecified atom stereocenters. The van der Waals surface area contributed by atoms with Crippen LogP contribution in [-0.2, 0) is 6.54 Å². The molecule has 102 valence electrons. The summed E-state index contributed by atoms with van der Waals surface area (Å²) in [7, 11) is 0. The number of amides is 1. The molecule has 2 atom stereocenters. The molecule has 0 radical (unpaired) electrons. The molecule has 0 bridgehead atoms. The van der Waals surface area contributed by atoms with Gasteiger partial charge in [0.25, 0.3) is 5.91 Å². The Morgan fingerprint density at radius 2 is 2.15 bits per heavy atom. The van der Waals surface area contributed by atoms with E-state index in [1.807, 2.05) is 21.7 Å². The van der Waals surface area contributed by atoms with Gasteiger partial charge < -0.3 is 10.2 Å². The number of nitrogens with zero attached hydrogens (tertiary/aromatic N) is 1. The molecule has 1 saturated heterocycles. The van der Waals surface area contributed by atoms with Crippen LogP contribution >= 0.6 is 11.3 Å². The quantitative estimate of drug-likeness (QED) is 0.872. The minimum absolute atomic E-state index is 0.167. The first-order valence-corrected chi connectivity index (χ1v) is 7.90. The van der Waals surface area contributed by atoms with E-state index in [1.165, 1.54) is 11.1 Å². The van der Waals surface area contributed by atoms with Crippen LogP contribution in [0.4, 0.5) is 0 Å². The Kier molecular flexibility index (Phi) is 2.86. The molecule has 1 aromatic heterocycles. The zero-order valence-corrected chi connectivity index (χ0v) is 11.9. The van der Waals surface area contributed by atoms with Crippen LogP contribution in [0, 0.1) is 0 Å². The standard InChI is InChI=1S/C16H16N2OS/c19-16(12-5-6-20-10-12)18-8-14-13-4-2-1-3-11(13)7-17-15(14)9-18/h1-6,10,14-15,17H,7-9H2/t14-,15+/m0/s1. The molecule has 4 heteroatoms. The normalized spacial score (nSPS) is 24.3. The predicted octanol–water partition coefficient (Wildman–Crippen LogP) is 2.46. The Labute approximate surface area is 122 Å². The van der Waals surface area contributed by atoms with Crippen molar-refractivity contribution in [3.63, 3.8) is 0 Å². The maximum absolute atomic E-state index is 12.5. The zero-order valence-electron chi connectivity index (χ0n) is 11.1. The van der Waals surface area contributed by atoms with Crippen LogP contribution in [0.5, 0.6) is 0 Å². The van der Waals surface area contributed by atoms with Crippen molar-refractivity contribution in [3.8, 4) is 0 Å². The number of carbonyl (C=O) groups is 1. The molecule has 0 aliphatic carbocycles. The van der Waals surface area contributed by atoms with Gasteiger partial charge in [0.2, 0.25) is 0 Å². The van der Waals surface area contributed by atoms with Crippen molar-refractivity contribution in [2.24, 2.45) is 0 Å². The number of thiophene rings is 1. The third-order valence-corrected chi connectivity index (χ3v) is 5.07. The van der Waals surface area contributed by atoms with Crippen LogP contribution in [0.3, 0.4) is 0 Å². The monoisotopic (exact) mass is 284 g/mol. The molecule has 1 aromatic carbocycles. The summed E-state index contributed by atoms with van der Waals surface area (Å²) in [6.45, 7) is 2.55. The largest absolute Gasteiger partial charge is 0.336 e. The SMILES string of the molecule is O=C(c1ccsc1)N1C[C@H]2NCc3ccccc3[C@@H]2C1. The Morgan fingerprint density at radius 1 is 1.25 bits per heavy atom. The average Bonchev–Trinajstić information content (AvgIpc) is 3.15. The second kappa shape index (κ2) is 4.72. The second-order valence-electron chi connectivity index (χ2n) is 5.51. The van der Waals surface area contributed by atoms with Gasteiger partial charge in [0.15, 0.2) is 0 Å². The van der Waals surface area contributed by atoms with Crippen molar-refractivity contribution in [2.75, 3.05) is 13.1 Å². The fourth-order valence-corrected chi connectivity index (χ4v) is 3.99. The summed E-state index contributed by atoms with van der Waals surface area (Å²) in [6, 6.07) is 10.9. The van der Waals surface area contributed by atoms with Crippen molar-refractivity contribution in [2.45, 2.75) is 18.5 Å². The van der Waals surface area contributed by atoms with Gasteiger partial charge in [0, 0.05) is 37.0 Å². The summed E-state index contributed by atoms with van der Waals surface area (Å²) < 4.78 is 0. The van der Waals surface area contributed by atoms with Crippen molar-refractivity contribution < 1.29 is 4.79 Å². The molecule has 3 heterocycles. The van der Waals surface area contributed by atoms with E-state index in [-0.39, 0.29) is 5.91 Å². The summed E-state index contributed by atoms with van der Waals surface area (Å²) in [4.78, 5) is 14.5. The third-order valence-electron chi connectivity index (χ3n) is 4.38. The van der Waals surface area contributed by atoms with Crippen LogP contribution in [0.1, 0.15) is 27.4 Å². The molecule has 20 heavy (non-hydrogen) atoms. The number of carbonyl (C=O) groups excluding carboxylic acids is 1. The summed E-state index contributed by atoms with van der Waals surface area (Å²) in [5.41, 5.74) is 3.61. The lowest BCUT2D eigenvalue weighted by molar-refractivity contribution is 0.0788. The van der Waals surface area contributed by atoms with Gasteiger partial charge in [0.1, 0.15) is 0 Å². The first-order valence-electron chi connectivity index (χ1n) is 6.95. The molecule has 0 spiro atoms. The van der Waals surface area contributed by atoms with Gasteiger partial charge in [-0.05, 0) is 22.6 Å². The van der Waals surface area contributed by atoms with Gasteiger partial charge >= 0.3 is 0 Å². The Bertz CT molecular complexity index is 638. The van der Waals surface area contributed by atoms with Crippen molar-refractivity contribution in [1.29, 1.82) is 0 Å². The first-order chi connectivity index (χ1) is 9.83. The summed E-state index contributed by atoms with van der Waals surface area (Å²) >= 11 is 1.58.